The first-order chi connectivity index (χ1) is 9.00. The van der Waals surface area contributed by atoms with Gasteiger partial charge < -0.3 is 16.4 Å². The quantitative estimate of drug-likeness (QED) is 0.750. The van der Waals surface area contributed by atoms with Gasteiger partial charge in [0.25, 0.3) is 0 Å². The smallest absolute Gasteiger partial charge is 0.0807 e. The summed E-state index contributed by atoms with van der Waals surface area (Å²) in [6, 6.07) is 0. The van der Waals surface area contributed by atoms with E-state index < -0.39 is 0 Å². The molecule has 0 unspecified atom stereocenters. The SMILES string of the molecule is C=C(/C=C1/NC=CN/C1=C(\C)N)c1cnn(C)c1C. The lowest BCUT2D eigenvalue weighted by atomic mass is 10.1. The molecular formula is C14H19N5. The van der Waals surface area contributed by atoms with Gasteiger partial charge in [-0.15, -0.1) is 0 Å². The third-order valence-electron chi connectivity index (χ3n) is 3.11. The fraction of sp³-hybridized carbons (Fsp3) is 0.214. The van der Waals surface area contributed by atoms with Crippen molar-refractivity contribution in [2.75, 3.05) is 0 Å². The number of nitrogens with two attached hydrogens (primary N) is 1. The third kappa shape index (κ3) is 2.54. The van der Waals surface area contributed by atoms with Gasteiger partial charge in [0.15, 0.2) is 0 Å². The lowest BCUT2D eigenvalue weighted by molar-refractivity contribution is 0.740. The number of allylic oxidation sites excluding steroid dienone is 3. The minimum atomic E-state index is 0.721. The molecule has 0 spiro atoms. The molecule has 19 heavy (non-hydrogen) atoms. The largest absolute Gasteiger partial charge is 0.401 e. The average molecular weight is 257 g/mol. The molecule has 1 aromatic heterocycles. The van der Waals surface area contributed by atoms with Crippen molar-refractivity contribution in [1.82, 2.24) is 20.4 Å². The summed E-state index contributed by atoms with van der Waals surface area (Å²) in [5.41, 5.74) is 11.3. The Balaban J connectivity index is 2.35. The Hall–Kier alpha value is -2.43. The van der Waals surface area contributed by atoms with Gasteiger partial charge in [-0.1, -0.05) is 6.58 Å². The number of nitrogens with one attached hydrogen (secondary N) is 2. The highest BCUT2D eigenvalue weighted by Crippen LogP contribution is 2.21. The zero-order valence-electron chi connectivity index (χ0n) is 11.5. The standard InChI is InChI=1S/C14H19N5/c1-9(12-8-18-19(4)11(12)3)7-13-14(10(2)15)17-6-5-16-13/h5-8,16-17H,1,15H2,2-4H3/b13-7+,14-10+. The number of hydrogen-bond donors (Lipinski definition) is 3. The van der Waals surface area contributed by atoms with Gasteiger partial charge in [-0.05, 0) is 25.5 Å². The highest BCUT2D eigenvalue weighted by atomic mass is 15.3. The summed E-state index contributed by atoms with van der Waals surface area (Å²) in [6.45, 7) is 7.98. The fourth-order valence-electron chi connectivity index (χ4n) is 1.91. The van der Waals surface area contributed by atoms with Crippen molar-refractivity contribution in [2.45, 2.75) is 13.8 Å². The van der Waals surface area contributed by atoms with Gasteiger partial charge in [-0.3, -0.25) is 4.68 Å². The second kappa shape index (κ2) is 5.06. The zero-order chi connectivity index (χ0) is 14.0. The van der Waals surface area contributed by atoms with Gasteiger partial charge >= 0.3 is 0 Å². The van der Waals surface area contributed by atoms with Gasteiger partial charge in [0, 0.05) is 36.4 Å². The first-order valence-electron chi connectivity index (χ1n) is 6.05. The van der Waals surface area contributed by atoms with Gasteiger partial charge in [-0.25, -0.2) is 0 Å². The van der Waals surface area contributed by atoms with Gasteiger partial charge in [0.05, 0.1) is 17.6 Å². The highest BCUT2D eigenvalue weighted by Gasteiger charge is 2.11. The highest BCUT2D eigenvalue weighted by molar-refractivity contribution is 5.74. The van der Waals surface area contributed by atoms with E-state index >= 15 is 0 Å². The topological polar surface area (TPSA) is 67.9 Å². The third-order valence-corrected chi connectivity index (χ3v) is 3.11. The minimum absolute atomic E-state index is 0.721. The maximum atomic E-state index is 5.86. The Kier molecular flexibility index (Phi) is 3.46. The van der Waals surface area contributed by atoms with E-state index in [4.69, 9.17) is 5.73 Å². The summed E-state index contributed by atoms with van der Waals surface area (Å²) in [7, 11) is 1.91. The van der Waals surface area contributed by atoms with Crippen molar-refractivity contribution in [1.29, 1.82) is 0 Å². The zero-order valence-corrected chi connectivity index (χ0v) is 11.5. The predicted molar refractivity (Wildman–Crippen MR) is 77.4 cm³/mol. The van der Waals surface area contributed by atoms with Gasteiger partial charge in [-0.2, -0.15) is 5.10 Å². The van der Waals surface area contributed by atoms with Crippen LogP contribution in [0.4, 0.5) is 0 Å². The molecule has 0 amide bonds. The molecule has 0 radical (unpaired) electrons. The fourth-order valence-corrected chi connectivity index (χ4v) is 1.91. The van der Waals surface area contributed by atoms with Gasteiger partial charge in [0.1, 0.15) is 0 Å². The Morgan fingerprint density at radius 2 is 2.11 bits per heavy atom. The Bertz CT molecular complexity index is 597. The molecule has 0 saturated carbocycles. The van der Waals surface area contributed by atoms with Crippen molar-refractivity contribution in [3.05, 3.63) is 59.6 Å². The van der Waals surface area contributed by atoms with E-state index in [1.165, 1.54) is 0 Å². The summed E-state index contributed by atoms with van der Waals surface area (Å²) in [4.78, 5) is 0. The van der Waals surface area contributed by atoms with Crippen molar-refractivity contribution in [3.63, 3.8) is 0 Å². The molecule has 5 nitrogen and oxygen atoms in total. The van der Waals surface area contributed by atoms with Crippen LogP contribution in [-0.2, 0) is 7.05 Å². The Morgan fingerprint density at radius 1 is 1.42 bits per heavy atom. The van der Waals surface area contributed by atoms with E-state index in [1.54, 1.807) is 6.20 Å². The lowest BCUT2D eigenvalue weighted by Crippen LogP contribution is -2.25. The summed E-state index contributed by atoms with van der Waals surface area (Å²) < 4.78 is 1.83. The molecule has 2 rings (SSSR count). The lowest BCUT2D eigenvalue weighted by Gasteiger charge is -2.18. The first kappa shape index (κ1) is 13.0. The molecule has 100 valence electrons. The molecule has 0 atom stereocenters. The van der Waals surface area contributed by atoms with Crippen molar-refractivity contribution >= 4 is 5.57 Å². The van der Waals surface area contributed by atoms with Crippen LogP contribution in [0.25, 0.3) is 5.57 Å². The molecular weight excluding hydrogens is 238 g/mol. The minimum Gasteiger partial charge on any atom is -0.401 e. The van der Waals surface area contributed by atoms with E-state index in [0.29, 0.717) is 0 Å². The molecule has 0 fully saturated rings. The van der Waals surface area contributed by atoms with Crippen molar-refractivity contribution in [3.8, 4) is 0 Å². The molecule has 2 heterocycles. The predicted octanol–water partition coefficient (Wildman–Crippen LogP) is 1.48. The number of aryl methyl sites for hydroxylation is 1. The molecule has 0 aliphatic carbocycles. The summed E-state index contributed by atoms with van der Waals surface area (Å²) >= 11 is 0. The summed E-state index contributed by atoms with van der Waals surface area (Å²) in [5, 5.41) is 10.5. The first-order valence-corrected chi connectivity index (χ1v) is 6.05. The second-order valence-electron chi connectivity index (χ2n) is 4.53. The van der Waals surface area contributed by atoms with E-state index in [0.717, 1.165) is 33.9 Å². The van der Waals surface area contributed by atoms with E-state index in [1.807, 2.05) is 44.0 Å². The molecule has 4 N–H and O–H groups in total. The van der Waals surface area contributed by atoms with E-state index in [2.05, 4.69) is 22.3 Å². The van der Waals surface area contributed by atoms with Crippen LogP contribution in [0.15, 0.2) is 48.3 Å². The molecule has 0 aromatic carbocycles. The molecule has 1 aromatic rings. The maximum Gasteiger partial charge on any atom is 0.0807 e. The second-order valence-corrected chi connectivity index (χ2v) is 4.53. The van der Waals surface area contributed by atoms with Crippen LogP contribution in [0, 0.1) is 6.92 Å². The average Bonchev–Trinajstić information content (AvgIpc) is 2.70. The van der Waals surface area contributed by atoms with Crippen molar-refractivity contribution in [2.24, 2.45) is 12.8 Å². The molecule has 5 heteroatoms. The van der Waals surface area contributed by atoms with Crippen LogP contribution in [0.2, 0.25) is 0 Å². The summed E-state index contributed by atoms with van der Waals surface area (Å²) in [5.74, 6) is 0. The monoisotopic (exact) mass is 257 g/mol. The Labute approximate surface area is 113 Å². The van der Waals surface area contributed by atoms with Crippen LogP contribution in [0.1, 0.15) is 18.2 Å². The van der Waals surface area contributed by atoms with Crippen LogP contribution < -0.4 is 16.4 Å². The molecule has 1 aliphatic rings. The van der Waals surface area contributed by atoms with Crippen LogP contribution in [-0.4, -0.2) is 9.78 Å². The number of aromatic nitrogens is 2. The molecule has 1 aliphatic heterocycles. The number of rotatable bonds is 2. The normalized spacial score (nSPS) is 19.0. The molecule has 0 bridgehead atoms. The maximum absolute atomic E-state index is 5.86. The number of hydrogen-bond acceptors (Lipinski definition) is 4. The summed E-state index contributed by atoms with van der Waals surface area (Å²) in [6.07, 6.45) is 7.41. The van der Waals surface area contributed by atoms with Crippen molar-refractivity contribution < 1.29 is 0 Å². The van der Waals surface area contributed by atoms with Crippen LogP contribution >= 0.6 is 0 Å². The number of nitrogens with zero attached hydrogens (tertiary/aromatic N) is 2. The van der Waals surface area contributed by atoms with Gasteiger partial charge in [0.2, 0.25) is 0 Å². The van der Waals surface area contributed by atoms with E-state index in [-0.39, 0.29) is 0 Å². The van der Waals surface area contributed by atoms with E-state index in [9.17, 15) is 0 Å². The van der Waals surface area contributed by atoms with Crippen LogP contribution in [0.5, 0.6) is 0 Å². The van der Waals surface area contributed by atoms with Crippen LogP contribution in [0.3, 0.4) is 0 Å². The Morgan fingerprint density at radius 3 is 2.68 bits per heavy atom. The molecule has 0 saturated heterocycles.